The predicted octanol–water partition coefficient (Wildman–Crippen LogP) is 5.03. The summed E-state index contributed by atoms with van der Waals surface area (Å²) in [4.78, 5) is 2.19. The number of methoxy groups -OCH3 is 2. The van der Waals surface area contributed by atoms with Gasteiger partial charge in [-0.2, -0.15) is 5.10 Å². The molecule has 1 atom stereocenters. The molecule has 1 N–H and O–H groups in total. The minimum Gasteiger partial charge on any atom is -0.493 e. The monoisotopic (exact) mass is 501 g/mol. The van der Waals surface area contributed by atoms with Gasteiger partial charge >= 0.3 is 0 Å². The summed E-state index contributed by atoms with van der Waals surface area (Å²) in [5.41, 5.74) is 3.80. The van der Waals surface area contributed by atoms with E-state index < -0.39 is 6.10 Å². The maximum atomic E-state index is 10.9. The molecule has 1 heterocycles. The minimum atomic E-state index is -0.526. The highest BCUT2D eigenvalue weighted by Gasteiger charge is 2.23. The van der Waals surface area contributed by atoms with Crippen LogP contribution in [0, 0.1) is 6.92 Å². The van der Waals surface area contributed by atoms with Gasteiger partial charge in [0.05, 0.1) is 36.8 Å². The minimum absolute atomic E-state index is 0.488. The maximum absolute atomic E-state index is 10.9. The number of benzene rings is 3. The van der Waals surface area contributed by atoms with E-state index in [1.807, 2.05) is 96.5 Å². The van der Waals surface area contributed by atoms with E-state index in [1.54, 1.807) is 14.2 Å². The van der Waals surface area contributed by atoms with Crippen LogP contribution in [-0.2, 0) is 17.7 Å². The van der Waals surface area contributed by atoms with Crippen LogP contribution in [0.1, 0.15) is 16.8 Å². The molecule has 7 heteroatoms. The van der Waals surface area contributed by atoms with E-state index in [9.17, 15) is 5.11 Å². The summed E-state index contributed by atoms with van der Waals surface area (Å²) in [5.74, 6) is 1.87. The maximum Gasteiger partial charge on any atom is 0.227 e. The van der Waals surface area contributed by atoms with Gasteiger partial charge in [0.2, 0.25) is 5.88 Å². The van der Waals surface area contributed by atoms with Crippen LogP contribution in [0.5, 0.6) is 17.4 Å². The van der Waals surface area contributed by atoms with Crippen molar-refractivity contribution in [3.8, 4) is 23.1 Å². The topological polar surface area (TPSA) is 69.0 Å². The summed E-state index contributed by atoms with van der Waals surface area (Å²) in [5, 5.41) is 15.8. The molecule has 0 aliphatic carbocycles. The third-order valence-electron chi connectivity index (χ3n) is 6.19. The van der Waals surface area contributed by atoms with Crippen molar-refractivity contribution >= 4 is 0 Å². The van der Waals surface area contributed by atoms with Gasteiger partial charge in [-0.3, -0.25) is 4.90 Å². The number of rotatable bonds is 13. The molecule has 0 saturated heterocycles. The normalized spacial score (nSPS) is 12.0. The second-order valence-electron chi connectivity index (χ2n) is 8.94. The Bertz CT molecular complexity index is 1240. The van der Waals surface area contributed by atoms with Gasteiger partial charge < -0.3 is 19.3 Å². The van der Waals surface area contributed by atoms with Gasteiger partial charge in [0.1, 0.15) is 0 Å². The molecular formula is C30H35N3O4. The van der Waals surface area contributed by atoms with Crippen LogP contribution >= 0.6 is 0 Å². The summed E-state index contributed by atoms with van der Waals surface area (Å²) in [6.07, 6.45) is 0.0549. The Morgan fingerprint density at radius 1 is 0.892 bits per heavy atom. The molecule has 1 aromatic heterocycles. The lowest BCUT2D eigenvalue weighted by Crippen LogP contribution is -2.35. The predicted molar refractivity (Wildman–Crippen MR) is 145 cm³/mol. The molecule has 0 aliphatic rings. The number of aliphatic hydroxyl groups excluding tert-OH is 1. The SMILES string of the molecule is COCCN(Cc1c(C)nn(-c2ccccc2)c1Oc1ccccc1OC)C[C@H](O)Cc1ccccc1. The first kappa shape index (κ1) is 26.4. The van der Waals surface area contributed by atoms with E-state index in [-0.39, 0.29) is 0 Å². The Morgan fingerprint density at radius 2 is 1.54 bits per heavy atom. The number of para-hydroxylation sites is 3. The smallest absolute Gasteiger partial charge is 0.227 e. The van der Waals surface area contributed by atoms with Crippen molar-refractivity contribution in [1.82, 2.24) is 14.7 Å². The van der Waals surface area contributed by atoms with Crippen molar-refractivity contribution in [2.45, 2.75) is 26.0 Å². The van der Waals surface area contributed by atoms with Crippen molar-refractivity contribution < 1.29 is 19.3 Å². The first-order valence-electron chi connectivity index (χ1n) is 12.5. The van der Waals surface area contributed by atoms with Crippen LogP contribution in [0.15, 0.2) is 84.9 Å². The molecule has 37 heavy (non-hydrogen) atoms. The number of ether oxygens (including phenoxy) is 3. The van der Waals surface area contributed by atoms with Crippen molar-refractivity contribution in [3.63, 3.8) is 0 Å². The Kier molecular flexibility index (Phi) is 9.32. The first-order chi connectivity index (χ1) is 18.1. The third kappa shape index (κ3) is 6.98. The second kappa shape index (κ2) is 13.1. The molecule has 4 aromatic rings. The van der Waals surface area contributed by atoms with Gasteiger partial charge in [-0.05, 0) is 43.2 Å². The number of aryl methyl sites for hydroxylation is 1. The number of aliphatic hydroxyl groups is 1. The molecule has 194 valence electrons. The first-order valence-corrected chi connectivity index (χ1v) is 12.5. The average Bonchev–Trinajstić information content (AvgIpc) is 3.23. The second-order valence-corrected chi connectivity index (χ2v) is 8.94. The molecule has 0 amide bonds. The summed E-state index contributed by atoms with van der Waals surface area (Å²) in [7, 11) is 3.32. The molecule has 3 aromatic carbocycles. The van der Waals surface area contributed by atoms with Crippen LogP contribution < -0.4 is 9.47 Å². The highest BCUT2D eigenvalue weighted by molar-refractivity contribution is 5.47. The van der Waals surface area contributed by atoms with E-state index in [1.165, 1.54) is 0 Å². The largest absolute Gasteiger partial charge is 0.493 e. The van der Waals surface area contributed by atoms with Crippen molar-refractivity contribution in [1.29, 1.82) is 0 Å². The Hall–Kier alpha value is -3.65. The Balaban J connectivity index is 1.65. The van der Waals surface area contributed by atoms with E-state index in [0.29, 0.717) is 50.0 Å². The van der Waals surface area contributed by atoms with Gasteiger partial charge in [0.25, 0.3) is 0 Å². The number of hydrogen-bond acceptors (Lipinski definition) is 6. The fourth-order valence-corrected chi connectivity index (χ4v) is 4.30. The fraction of sp³-hybridized carbons (Fsp3) is 0.300. The average molecular weight is 502 g/mol. The quantitative estimate of drug-likeness (QED) is 0.277. The highest BCUT2D eigenvalue weighted by Crippen LogP contribution is 2.36. The van der Waals surface area contributed by atoms with Crippen molar-refractivity contribution in [3.05, 3.63) is 102 Å². The summed E-state index contributed by atoms with van der Waals surface area (Å²) in [6.45, 7) is 4.22. The Morgan fingerprint density at radius 3 is 2.22 bits per heavy atom. The number of nitrogens with zero attached hydrogens (tertiary/aromatic N) is 3. The Labute approximate surface area is 218 Å². The number of aromatic nitrogens is 2. The number of hydrogen-bond donors (Lipinski definition) is 1. The lowest BCUT2D eigenvalue weighted by Gasteiger charge is -2.25. The summed E-state index contributed by atoms with van der Waals surface area (Å²) in [6, 6.07) is 27.5. The zero-order valence-electron chi connectivity index (χ0n) is 21.7. The van der Waals surface area contributed by atoms with Crippen molar-refractivity contribution in [2.75, 3.05) is 33.9 Å². The third-order valence-corrected chi connectivity index (χ3v) is 6.19. The molecule has 0 fully saturated rings. The standard InChI is InChI=1S/C30H35N3O4/c1-23-27(22-32(18-19-35-2)21-26(34)20-24-12-6-4-7-13-24)30(33(31-23)25-14-8-5-9-15-25)37-29-17-11-10-16-28(29)36-3/h4-17,26,34H,18-22H2,1-3H3/t26-/m1/s1. The zero-order valence-corrected chi connectivity index (χ0v) is 21.7. The highest BCUT2D eigenvalue weighted by atomic mass is 16.5. The van der Waals surface area contributed by atoms with Gasteiger partial charge in [0.15, 0.2) is 11.5 Å². The van der Waals surface area contributed by atoms with E-state index in [0.717, 1.165) is 22.5 Å². The van der Waals surface area contributed by atoms with Gasteiger partial charge in [0, 0.05) is 26.7 Å². The molecule has 0 spiro atoms. The zero-order chi connectivity index (χ0) is 26.0. The lowest BCUT2D eigenvalue weighted by atomic mass is 10.1. The van der Waals surface area contributed by atoms with Crippen LogP contribution in [0.2, 0.25) is 0 Å². The molecule has 0 bridgehead atoms. The van der Waals surface area contributed by atoms with E-state index in [4.69, 9.17) is 19.3 Å². The van der Waals surface area contributed by atoms with Gasteiger partial charge in [-0.1, -0.05) is 60.7 Å². The molecule has 0 saturated carbocycles. The van der Waals surface area contributed by atoms with Crippen LogP contribution in [-0.4, -0.2) is 59.8 Å². The fourth-order valence-electron chi connectivity index (χ4n) is 4.30. The van der Waals surface area contributed by atoms with Crippen LogP contribution in [0.25, 0.3) is 5.69 Å². The molecule has 4 rings (SSSR count). The molecule has 0 radical (unpaired) electrons. The molecule has 0 unspecified atom stereocenters. The van der Waals surface area contributed by atoms with Crippen LogP contribution in [0.4, 0.5) is 0 Å². The molecular weight excluding hydrogens is 466 g/mol. The van der Waals surface area contributed by atoms with Crippen LogP contribution in [0.3, 0.4) is 0 Å². The lowest BCUT2D eigenvalue weighted by molar-refractivity contribution is 0.0846. The van der Waals surface area contributed by atoms with Gasteiger partial charge in [-0.15, -0.1) is 0 Å². The van der Waals surface area contributed by atoms with E-state index in [2.05, 4.69) is 4.90 Å². The summed E-state index contributed by atoms with van der Waals surface area (Å²) < 4.78 is 19.2. The molecule has 7 nitrogen and oxygen atoms in total. The summed E-state index contributed by atoms with van der Waals surface area (Å²) >= 11 is 0. The van der Waals surface area contributed by atoms with E-state index >= 15 is 0 Å². The van der Waals surface area contributed by atoms with Gasteiger partial charge in [-0.25, -0.2) is 4.68 Å². The molecule has 0 aliphatic heterocycles. The van der Waals surface area contributed by atoms with Crippen molar-refractivity contribution in [2.24, 2.45) is 0 Å².